The van der Waals surface area contributed by atoms with E-state index in [1.807, 2.05) is 11.3 Å². The molecule has 3 heteroatoms. The molecule has 0 radical (unpaired) electrons. The third-order valence-corrected chi connectivity index (χ3v) is 6.60. The molecule has 1 aliphatic heterocycles. The first-order valence-corrected chi connectivity index (χ1v) is 9.19. The largest absolute Gasteiger partial charge is 0.329 e. The Bertz CT molecular complexity index is 426. The predicted octanol–water partition coefficient (Wildman–Crippen LogP) is 3.96. The zero-order valence-electron chi connectivity index (χ0n) is 12.7. The van der Waals surface area contributed by atoms with Crippen molar-refractivity contribution >= 4 is 11.3 Å². The number of rotatable bonds is 4. The Morgan fingerprint density at radius 2 is 2.05 bits per heavy atom. The van der Waals surface area contributed by atoms with E-state index in [0.717, 1.165) is 24.9 Å². The van der Waals surface area contributed by atoms with E-state index in [-0.39, 0.29) is 0 Å². The summed E-state index contributed by atoms with van der Waals surface area (Å²) in [5, 5.41) is 0. The number of piperidine rings is 1. The van der Waals surface area contributed by atoms with Gasteiger partial charge >= 0.3 is 0 Å². The molecular weight excluding hydrogens is 264 g/mol. The summed E-state index contributed by atoms with van der Waals surface area (Å²) in [4.78, 5) is 5.75. The SMILES string of the molecule is CCc1ccc(C(CN)N2CCCC3CCCCC32)s1. The summed E-state index contributed by atoms with van der Waals surface area (Å²) in [7, 11) is 0. The van der Waals surface area contributed by atoms with Crippen molar-refractivity contribution in [3.05, 3.63) is 21.9 Å². The van der Waals surface area contributed by atoms with Gasteiger partial charge in [-0.3, -0.25) is 4.90 Å². The van der Waals surface area contributed by atoms with Gasteiger partial charge in [-0.15, -0.1) is 11.3 Å². The van der Waals surface area contributed by atoms with Crippen LogP contribution in [0.15, 0.2) is 12.1 Å². The molecule has 2 N–H and O–H groups in total. The molecule has 1 aliphatic carbocycles. The molecular formula is C17H28N2S. The molecule has 3 rings (SSSR count). The van der Waals surface area contributed by atoms with Crippen LogP contribution in [-0.4, -0.2) is 24.0 Å². The fourth-order valence-corrected chi connectivity index (χ4v) is 5.32. The highest BCUT2D eigenvalue weighted by atomic mass is 32.1. The average Bonchev–Trinajstić information content (AvgIpc) is 2.97. The van der Waals surface area contributed by atoms with E-state index in [4.69, 9.17) is 5.73 Å². The lowest BCUT2D eigenvalue weighted by Crippen LogP contribution is -2.49. The second kappa shape index (κ2) is 6.59. The summed E-state index contributed by atoms with van der Waals surface area (Å²) >= 11 is 1.98. The first-order chi connectivity index (χ1) is 9.83. The summed E-state index contributed by atoms with van der Waals surface area (Å²) in [6, 6.07) is 5.89. The van der Waals surface area contributed by atoms with Gasteiger partial charge in [0, 0.05) is 22.3 Å². The van der Waals surface area contributed by atoms with Gasteiger partial charge in [0.15, 0.2) is 0 Å². The second-order valence-electron chi connectivity index (χ2n) is 6.40. The van der Waals surface area contributed by atoms with Gasteiger partial charge in [0.05, 0.1) is 6.04 Å². The Balaban J connectivity index is 1.80. The van der Waals surface area contributed by atoms with Crippen molar-refractivity contribution in [2.75, 3.05) is 13.1 Å². The smallest absolute Gasteiger partial charge is 0.0566 e. The minimum Gasteiger partial charge on any atom is -0.329 e. The Labute approximate surface area is 127 Å². The molecule has 1 saturated carbocycles. The summed E-state index contributed by atoms with van der Waals surface area (Å²) in [5.41, 5.74) is 6.17. The maximum atomic E-state index is 6.17. The van der Waals surface area contributed by atoms with E-state index in [9.17, 15) is 0 Å². The number of likely N-dealkylation sites (tertiary alicyclic amines) is 1. The standard InChI is InChI=1S/C17H28N2S/c1-2-14-9-10-17(20-14)16(12-18)19-11-5-7-13-6-3-4-8-15(13)19/h9-10,13,15-16H,2-8,11-12,18H2,1H3. The van der Waals surface area contributed by atoms with Crippen LogP contribution in [0.1, 0.15) is 61.2 Å². The quantitative estimate of drug-likeness (QED) is 0.910. The first kappa shape index (κ1) is 14.6. The van der Waals surface area contributed by atoms with E-state index in [1.165, 1.54) is 54.8 Å². The Morgan fingerprint density at radius 3 is 2.80 bits per heavy atom. The van der Waals surface area contributed by atoms with E-state index in [2.05, 4.69) is 24.0 Å². The summed E-state index contributed by atoms with van der Waals surface area (Å²) < 4.78 is 0. The molecule has 1 aromatic rings. The summed E-state index contributed by atoms with van der Waals surface area (Å²) in [5.74, 6) is 0.942. The predicted molar refractivity (Wildman–Crippen MR) is 87.2 cm³/mol. The third-order valence-electron chi connectivity index (χ3n) is 5.27. The van der Waals surface area contributed by atoms with Gasteiger partial charge in [-0.1, -0.05) is 19.8 Å². The summed E-state index contributed by atoms with van der Waals surface area (Å²) in [6.45, 7) is 4.26. The fraction of sp³-hybridized carbons (Fsp3) is 0.765. The number of thiophene rings is 1. The van der Waals surface area contributed by atoms with Crippen LogP contribution in [0.4, 0.5) is 0 Å². The maximum Gasteiger partial charge on any atom is 0.0566 e. The zero-order valence-corrected chi connectivity index (χ0v) is 13.5. The summed E-state index contributed by atoms with van der Waals surface area (Å²) in [6.07, 6.45) is 9.66. The Hall–Kier alpha value is -0.380. The molecule has 2 heterocycles. The van der Waals surface area contributed by atoms with Crippen molar-refractivity contribution in [2.45, 2.75) is 64.0 Å². The molecule has 0 bridgehead atoms. The molecule has 2 fully saturated rings. The molecule has 3 atom stereocenters. The van der Waals surface area contributed by atoms with Gasteiger partial charge in [-0.05, 0) is 56.7 Å². The minimum absolute atomic E-state index is 0.464. The van der Waals surface area contributed by atoms with Crippen LogP contribution in [0.2, 0.25) is 0 Å². The van der Waals surface area contributed by atoms with Crippen molar-refractivity contribution in [1.82, 2.24) is 4.90 Å². The number of nitrogens with two attached hydrogens (primary N) is 1. The van der Waals surface area contributed by atoms with E-state index in [1.54, 1.807) is 0 Å². The maximum absolute atomic E-state index is 6.17. The van der Waals surface area contributed by atoms with Crippen molar-refractivity contribution in [1.29, 1.82) is 0 Å². The molecule has 3 unspecified atom stereocenters. The molecule has 1 aromatic heterocycles. The van der Waals surface area contributed by atoms with Crippen LogP contribution in [-0.2, 0) is 6.42 Å². The number of nitrogens with zero attached hydrogens (tertiary/aromatic N) is 1. The van der Waals surface area contributed by atoms with Crippen molar-refractivity contribution < 1.29 is 0 Å². The molecule has 0 aromatic carbocycles. The van der Waals surface area contributed by atoms with Crippen molar-refractivity contribution in [3.8, 4) is 0 Å². The lowest BCUT2D eigenvalue weighted by molar-refractivity contribution is 0.0287. The molecule has 112 valence electrons. The van der Waals surface area contributed by atoms with Crippen LogP contribution in [0.3, 0.4) is 0 Å². The molecule has 2 nitrogen and oxygen atoms in total. The molecule has 20 heavy (non-hydrogen) atoms. The Kier molecular flexibility index (Phi) is 4.79. The Morgan fingerprint density at radius 1 is 1.25 bits per heavy atom. The minimum atomic E-state index is 0.464. The zero-order chi connectivity index (χ0) is 13.9. The average molecular weight is 292 g/mol. The number of hydrogen-bond acceptors (Lipinski definition) is 3. The highest BCUT2D eigenvalue weighted by molar-refractivity contribution is 7.12. The highest BCUT2D eigenvalue weighted by Crippen LogP contribution is 2.40. The van der Waals surface area contributed by atoms with Crippen LogP contribution >= 0.6 is 11.3 Å². The first-order valence-electron chi connectivity index (χ1n) is 8.38. The van der Waals surface area contributed by atoms with Crippen molar-refractivity contribution in [2.24, 2.45) is 11.7 Å². The van der Waals surface area contributed by atoms with Crippen LogP contribution in [0.5, 0.6) is 0 Å². The van der Waals surface area contributed by atoms with Gasteiger partial charge in [-0.25, -0.2) is 0 Å². The normalized spacial score (nSPS) is 29.1. The number of hydrogen-bond donors (Lipinski definition) is 1. The molecule has 0 amide bonds. The van der Waals surface area contributed by atoms with Gasteiger partial charge < -0.3 is 5.73 Å². The highest BCUT2D eigenvalue weighted by Gasteiger charge is 2.36. The third kappa shape index (κ3) is 2.81. The monoisotopic (exact) mass is 292 g/mol. The van der Waals surface area contributed by atoms with E-state index in [0.29, 0.717) is 6.04 Å². The molecule has 2 aliphatic rings. The second-order valence-corrected chi connectivity index (χ2v) is 7.60. The van der Waals surface area contributed by atoms with E-state index >= 15 is 0 Å². The van der Waals surface area contributed by atoms with Gasteiger partial charge in [0.25, 0.3) is 0 Å². The molecule has 1 saturated heterocycles. The van der Waals surface area contributed by atoms with Crippen LogP contribution in [0.25, 0.3) is 0 Å². The van der Waals surface area contributed by atoms with Crippen LogP contribution < -0.4 is 5.73 Å². The number of aryl methyl sites for hydroxylation is 1. The fourth-order valence-electron chi connectivity index (χ4n) is 4.23. The number of fused-ring (bicyclic) bond motifs is 1. The van der Waals surface area contributed by atoms with E-state index < -0.39 is 0 Å². The van der Waals surface area contributed by atoms with Crippen molar-refractivity contribution in [3.63, 3.8) is 0 Å². The lowest BCUT2D eigenvalue weighted by atomic mass is 9.77. The van der Waals surface area contributed by atoms with Gasteiger partial charge in [0.2, 0.25) is 0 Å². The lowest BCUT2D eigenvalue weighted by Gasteiger charge is -2.47. The molecule has 0 spiro atoms. The topological polar surface area (TPSA) is 29.3 Å². The van der Waals surface area contributed by atoms with Gasteiger partial charge in [0.1, 0.15) is 0 Å². The van der Waals surface area contributed by atoms with Gasteiger partial charge in [-0.2, -0.15) is 0 Å². The van der Waals surface area contributed by atoms with Crippen LogP contribution in [0, 0.1) is 5.92 Å².